The second kappa shape index (κ2) is 8.78. The molecule has 1 atom stereocenters. The number of carbonyl (C=O) groups excluding carboxylic acids is 2. The van der Waals surface area contributed by atoms with Gasteiger partial charge >= 0.3 is 6.03 Å². The molecule has 0 radical (unpaired) electrons. The normalized spacial score (nSPS) is 20.4. The van der Waals surface area contributed by atoms with Gasteiger partial charge in [-0.1, -0.05) is 19.9 Å². The van der Waals surface area contributed by atoms with Gasteiger partial charge in [0, 0.05) is 32.0 Å². The number of likely N-dealkylation sites (tertiary alicyclic amines) is 1. The number of amides is 3. The molecule has 7 heteroatoms. The molecule has 2 heterocycles. The summed E-state index contributed by atoms with van der Waals surface area (Å²) in [5.74, 6) is -0.184. The summed E-state index contributed by atoms with van der Waals surface area (Å²) in [6.07, 6.45) is 4.72. The predicted octanol–water partition coefficient (Wildman–Crippen LogP) is 2.26. The molecule has 1 aliphatic rings. The maximum absolute atomic E-state index is 15.1. The van der Waals surface area contributed by atoms with Crippen LogP contribution in [0.4, 0.5) is 9.18 Å². The number of nitrogens with one attached hydrogen (secondary N) is 2. The zero-order valence-electron chi connectivity index (χ0n) is 14.9. The van der Waals surface area contributed by atoms with Gasteiger partial charge in [-0.15, -0.1) is 0 Å². The Morgan fingerprint density at radius 2 is 2.20 bits per heavy atom. The Hall–Kier alpha value is -2.18. The van der Waals surface area contributed by atoms with Crippen LogP contribution in [-0.2, 0) is 11.3 Å². The van der Waals surface area contributed by atoms with Crippen LogP contribution in [0.25, 0.3) is 0 Å². The Morgan fingerprint density at radius 1 is 1.40 bits per heavy atom. The number of piperidine rings is 1. The van der Waals surface area contributed by atoms with Crippen LogP contribution in [0, 0.1) is 5.92 Å². The first-order valence-electron chi connectivity index (χ1n) is 8.79. The summed E-state index contributed by atoms with van der Waals surface area (Å²) in [6.45, 7) is 5.19. The Kier molecular flexibility index (Phi) is 6.73. The number of halogens is 1. The molecule has 2 rings (SSSR count). The van der Waals surface area contributed by atoms with E-state index in [1.807, 2.05) is 6.07 Å². The molecule has 2 N–H and O–H groups in total. The third-order valence-corrected chi connectivity index (χ3v) is 4.31. The maximum Gasteiger partial charge on any atom is 0.317 e. The molecule has 0 aliphatic carbocycles. The van der Waals surface area contributed by atoms with Crippen LogP contribution in [-0.4, -0.2) is 47.1 Å². The average Bonchev–Trinajstić information content (AvgIpc) is 2.60. The second-order valence-corrected chi connectivity index (χ2v) is 6.95. The van der Waals surface area contributed by atoms with Gasteiger partial charge in [0.15, 0.2) is 0 Å². The summed E-state index contributed by atoms with van der Waals surface area (Å²) in [4.78, 5) is 29.8. The van der Waals surface area contributed by atoms with Crippen LogP contribution in [0.1, 0.15) is 38.7 Å². The van der Waals surface area contributed by atoms with Gasteiger partial charge in [0.25, 0.3) is 5.91 Å². The molecule has 0 spiro atoms. The van der Waals surface area contributed by atoms with Gasteiger partial charge in [0.2, 0.25) is 5.67 Å². The van der Waals surface area contributed by atoms with E-state index in [1.54, 1.807) is 18.5 Å². The van der Waals surface area contributed by atoms with Crippen molar-refractivity contribution in [2.24, 2.45) is 5.92 Å². The predicted molar refractivity (Wildman–Crippen MR) is 93.6 cm³/mol. The van der Waals surface area contributed by atoms with Crippen molar-refractivity contribution < 1.29 is 14.0 Å². The highest BCUT2D eigenvalue weighted by molar-refractivity contribution is 5.86. The number of urea groups is 1. The molecule has 1 fully saturated rings. The summed E-state index contributed by atoms with van der Waals surface area (Å²) < 4.78 is 15.1. The van der Waals surface area contributed by atoms with Crippen molar-refractivity contribution in [2.45, 2.75) is 45.3 Å². The van der Waals surface area contributed by atoms with Gasteiger partial charge in [-0.2, -0.15) is 0 Å². The standard InChI is InChI=1S/C18H27FN4O2/c1-14(2)6-9-21-17(25)23-10-4-7-18(19,13-23)16(24)22-12-15-5-3-8-20-11-15/h3,5,8,11,14H,4,6-7,9-10,12-13H2,1-2H3,(H,21,25)(H,22,24). The molecule has 25 heavy (non-hydrogen) atoms. The lowest BCUT2D eigenvalue weighted by Crippen LogP contribution is -2.57. The molecule has 138 valence electrons. The van der Waals surface area contributed by atoms with E-state index in [-0.39, 0.29) is 25.5 Å². The van der Waals surface area contributed by atoms with Gasteiger partial charge < -0.3 is 15.5 Å². The Bertz CT molecular complexity index is 582. The van der Waals surface area contributed by atoms with Crippen LogP contribution in [0.15, 0.2) is 24.5 Å². The Labute approximate surface area is 148 Å². The van der Waals surface area contributed by atoms with E-state index >= 15 is 4.39 Å². The first kappa shape index (κ1) is 19.1. The molecule has 0 bridgehead atoms. The molecule has 1 unspecified atom stereocenters. The van der Waals surface area contributed by atoms with Gasteiger partial charge in [-0.3, -0.25) is 9.78 Å². The highest BCUT2D eigenvalue weighted by Crippen LogP contribution is 2.26. The highest BCUT2D eigenvalue weighted by Gasteiger charge is 2.43. The number of nitrogens with zero attached hydrogens (tertiary/aromatic N) is 2. The van der Waals surface area contributed by atoms with E-state index in [0.717, 1.165) is 12.0 Å². The summed E-state index contributed by atoms with van der Waals surface area (Å²) in [6, 6.07) is 3.27. The van der Waals surface area contributed by atoms with Crippen LogP contribution < -0.4 is 10.6 Å². The van der Waals surface area contributed by atoms with Crippen molar-refractivity contribution in [2.75, 3.05) is 19.6 Å². The smallest absolute Gasteiger partial charge is 0.317 e. The zero-order chi connectivity index (χ0) is 18.3. The Balaban J connectivity index is 1.86. The van der Waals surface area contributed by atoms with Crippen LogP contribution in [0.2, 0.25) is 0 Å². The van der Waals surface area contributed by atoms with Crippen molar-refractivity contribution in [3.63, 3.8) is 0 Å². The molecule has 1 aromatic heterocycles. The topological polar surface area (TPSA) is 74.3 Å². The fourth-order valence-corrected chi connectivity index (χ4v) is 2.79. The average molecular weight is 350 g/mol. The number of aromatic nitrogens is 1. The van der Waals surface area contributed by atoms with Crippen molar-refractivity contribution in [1.29, 1.82) is 0 Å². The highest BCUT2D eigenvalue weighted by atomic mass is 19.1. The Morgan fingerprint density at radius 3 is 2.88 bits per heavy atom. The molecular formula is C18H27FN4O2. The van der Waals surface area contributed by atoms with E-state index in [2.05, 4.69) is 29.5 Å². The minimum Gasteiger partial charge on any atom is -0.349 e. The monoisotopic (exact) mass is 350 g/mol. The molecule has 1 saturated heterocycles. The van der Waals surface area contributed by atoms with E-state index in [9.17, 15) is 9.59 Å². The first-order chi connectivity index (χ1) is 11.9. The van der Waals surface area contributed by atoms with Crippen LogP contribution in [0.3, 0.4) is 0 Å². The molecule has 0 aromatic carbocycles. The molecule has 3 amide bonds. The number of alkyl halides is 1. The number of hydrogen-bond donors (Lipinski definition) is 2. The quantitative estimate of drug-likeness (QED) is 0.826. The van der Waals surface area contributed by atoms with E-state index in [0.29, 0.717) is 25.4 Å². The fourth-order valence-electron chi connectivity index (χ4n) is 2.79. The number of pyridine rings is 1. The van der Waals surface area contributed by atoms with Gasteiger partial charge in [-0.05, 0) is 36.8 Å². The number of carbonyl (C=O) groups is 2. The first-order valence-corrected chi connectivity index (χ1v) is 8.79. The van der Waals surface area contributed by atoms with Crippen LogP contribution >= 0.6 is 0 Å². The fraction of sp³-hybridized carbons (Fsp3) is 0.611. The third kappa shape index (κ3) is 5.69. The maximum atomic E-state index is 15.1. The lowest BCUT2D eigenvalue weighted by Gasteiger charge is -2.36. The molecule has 0 saturated carbocycles. The van der Waals surface area contributed by atoms with Crippen molar-refractivity contribution in [3.8, 4) is 0 Å². The summed E-state index contributed by atoms with van der Waals surface area (Å²) >= 11 is 0. The van der Waals surface area contributed by atoms with E-state index in [4.69, 9.17) is 0 Å². The summed E-state index contributed by atoms with van der Waals surface area (Å²) in [5.41, 5.74) is -1.24. The second-order valence-electron chi connectivity index (χ2n) is 6.95. The lowest BCUT2D eigenvalue weighted by atomic mass is 9.94. The molecular weight excluding hydrogens is 323 g/mol. The molecule has 1 aliphatic heterocycles. The van der Waals surface area contributed by atoms with Gasteiger partial charge in [0.1, 0.15) is 0 Å². The molecule has 1 aromatic rings. The summed E-state index contributed by atoms with van der Waals surface area (Å²) in [5, 5.41) is 5.41. The van der Waals surface area contributed by atoms with Crippen molar-refractivity contribution >= 4 is 11.9 Å². The minimum atomic E-state index is -2.05. The number of hydrogen-bond acceptors (Lipinski definition) is 3. The minimum absolute atomic E-state index is 0.127. The third-order valence-electron chi connectivity index (χ3n) is 4.31. The SMILES string of the molecule is CC(C)CCNC(=O)N1CCCC(F)(C(=O)NCc2cccnc2)C1. The van der Waals surface area contributed by atoms with E-state index < -0.39 is 11.6 Å². The number of rotatable bonds is 6. The van der Waals surface area contributed by atoms with Gasteiger partial charge in [-0.25, -0.2) is 9.18 Å². The van der Waals surface area contributed by atoms with Crippen molar-refractivity contribution in [1.82, 2.24) is 20.5 Å². The zero-order valence-corrected chi connectivity index (χ0v) is 14.9. The van der Waals surface area contributed by atoms with Gasteiger partial charge in [0.05, 0.1) is 6.54 Å². The van der Waals surface area contributed by atoms with Crippen molar-refractivity contribution in [3.05, 3.63) is 30.1 Å². The molecule has 6 nitrogen and oxygen atoms in total. The summed E-state index contributed by atoms with van der Waals surface area (Å²) in [7, 11) is 0. The largest absolute Gasteiger partial charge is 0.349 e. The lowest BCUT2D eigenvalue weighted by molar-refractivity contribution is -0.136. The van der Waals surface area contributed by atoms with E-state index in [1.165, 1.54) is 4.90 Å². The van der Waals surface area contributed by atoms with Crippen LogP contribution in [0.5, 0.6) is 0 Å².